The highest BCUT2D eigenvalue weighted by Gasteiger charge is 2.34. The molecule has 2 atom stereocenters. The number of hydrogen-bond acceptors (Lipinski definition) is 2. The van der Waals surface area contributed by atoms with Gasteiger partial charge in [0.1, 0.15) is 5.82 Å². The van der Waals surface area contributed by atoms with Crippen molar-refractivity contribution in [2.24, 2.45) is 0 Å². The lowest BCUT2D eigenvalue weighted by Crippen LogP contribution is -2.42. The van der Waals surface area contributed by atoms with Crippen LogP contribution in [0.5, 0.6) is 0 Å². The minimum absolute atomic E-state index is 0.116. The Morgan fingerprint density at radius 3 is 2.52 bits per heavy atom. The normalized spacial score (nSPS) is 17.7. The molecule has 2 aromatic rings. The van der Waals surface area contributed by atoms with Gasteiger partial charge in [0.15, 0.2) is 0 Å². The van der Waals surface area contributed by atoms with Gasteiger partial charge in [-0.25, -0.2) is 4.39 Å². The van der Waals surface area contributed by atoms with Gasteiger partial charge in [0.25, 0.3) is 0 Å². The maximum Gasteiger partial charge on any atom is 0.312 e. The van der Waals surface area contributed by atoms with E-state index >= 15 is 0 Å². The van der Waals surface area contributed by atoms with E-state index in [-0.39, 0.29) is 18.3 Å². The Hall–Kier alpha value is -2.69. The van der Waals surface area contributed by atoms with Crippen LogP contribution in [0.4, 0.5) is 4.39 Å². The minimum Gasteiger partial charge on any atom is -0.481 e. The van der Waals surface area contributed by atoms with Crippen LogP contribution in [0.15, 0.2) is 48.5 Å². The standard InChI is InChI=1S/C20H20FNO3/c1-2-16(13-7-9-15(21)10-8-13)19(23)22-11-14-5-3-4-6-17(14)18(12-22)20(24)25/h3-10,16,18H,2,11-12H2,1H3,(H,24,25). The van der Waals surface area contributed by atoms with E-state index in [9.17, 15) is 19.1 Å². The predicted octanol–water partition coefficient (Wildman–Crippen LogP) is 3.53. The van der Waals surface area contributed by atoms with Crippen LogP contribution in [-0.2, 0) is 16.1 Å². The number of rotatable bonds is 4. The molecular weight excluding hydrogens is 321 g/mol. The molecule has 0 radical (unpaired) electrons. The Kier molecular flexibility index (Phi) is 4.83. The second kappa shape index (κ2) is 7.05. The summed E-state index contributed by atoms with van der Waals surface area (Å²) in [6.07, 6.45) is 0.570. The fraction of sp³-hybridized carbons (Fsp3) is 0.300. The van der Waals surface area contributed by atoms with Gasteiger partial charge in [-0.15, -0.1) is 0 Å². The first-order valence-corrected chi connectivity index (χ1v) is 8.36. The number of carboxylic acids is 1. The van der Waals surface area contributed by atoms with Gasteiger partial charge in [0, 0.05) is 13.1 Å². The van der Waals surface area contributed by atoms with Gasteiger partial charge in [-0.1, -0.05) is 43.3 Å². The largest absolute Gasteiger partial charge is 0.481 e. The Balaban J connectivity index is 1.89. The van der Waals surface area contributed by atoms with E-state index < -0.39 is 17.8 Å². The van der Waals surface area contributed by atoms with Crippen LogP contribution in [0, 0.1) is 5.82 Å². The lowest BCUT2D eigenvalue weighted by Gasteiger charge is -2.35. The molecule has 2 aromatic carbocycles. The molecule has 1 N–H and O–H groups in total. The molecule has 2 unspecified atom stereocenters. The summed E-state index contributed by atoms with van der Waals surface area (Å²) in [5, 5.41) is 9.55. The smallest absolute Gasteiger partial charge is 0.312 e. The zero-order valence-electron chi connectivity index (χ0n) is 14.0. The lowest BCUT2D eigenvalue weighted by molar-refractivity contribution is -0.141. The Labute approximate surface area is 145 Å². The van der Waals surface area contributed by atoms with Crippen LogP contribution in [0.25, 0.3) is 0 Å². The summed E-state index contributed by atoms with van der Waals surface area (Å²) >= 11 is 0. The molecule has 0 bridgehead atoms. The van der Waals surface area contributed by atoms with Crippen molar-refractivity contribution < 1.29 is 19.1 Å². The van der Waals surface area contributed by atoms with Crippen molar-refractivity contribution in [1.82, 2.24) is 4.90 Å². The predicted molar refractivity (Wildman–Crippen MR) is 91.7 cm³/mol. The van der Waals surface area contributed by atoms with Gasteiger partial charge in [0.05, 0.1) is 11.8 Å². The van der Waals surface area contributed by atoms with Crippen molar-refractivity contribution in [2.75, 3.05) is 6.54 Å². The van der Waals surface area contributed by atoms with E-state index in [1.54, 1.807) is 17.0 Å². The van der Waals surface area contributed by atoms with E-state index in [1.165, 1.54) is 12.1 Å². The zero-order valence-corrected chi connectivity index (χ0v) is 14.0. The fourth-order valence-electron chi connectivity index (χ4n) is 3.45. The lowest BCUT2D eigenvalue weighted by atomic mass is 9.88. The number of carboxylic acid groups (broad SMARTS) is 1. The van der Waals surface area contributed by atoms with Crippen molar-refractivity contribution in [3.8, 4) is 0 Å². The van der Waals surface area contributed by atoms with Crippen LogP contribution in [-0.4, -0.2) is 28.4 Å². The molecule has 25 heavy (non-hydrogen) atoms. The fourth-order valence-corrected chi connectivity index (χ4v) is 3.45. The molecule has 3 rings (SSSR count). The molecule has 4 nitrogen and oxygen atoms in total. The van der Waals surface area contributed by atoms with Crippen LogP contribution >= 0.6 is 0 Å². The maximum atomic E-state index is 13.2. The van der Waals surface area contributed by atoms with Crippen LogP contribution in [0.3, 0.4) is 0 Å². The molecule has 1 aliphatic heterocycles. The van der Waals surface area contributed by atoms with Crippen molar-refractivity contribution >= 4 is 11.9 Å². The number of nitrogens with zero attached hydrogens (tertiary/aromatic N) is 1. The zero-order chi connectivity index (χ0) is 18.0. The third kappa shape index (κ3) is 3.40. The molecule has 130 valence electrons. The van der Waals surface area contributed by atoms with Crippen LogP contribution in [0.1, 0.15) is 41.9 Å². The van der Waals surface area contributed by atoms with Gasteiger partial charge in [-0.3, -0.25) is 9.59 Å². The van der Waals surface area contributed by atoms with Crippen molar-refractivity contribution in [2.45, 2.75) is 31.7 Å². The highest BCUT2D eigenvalue weighted by Crippen LogP contribution is 2.31. The molecule has 0 aliphatic carbocycles. The second-order valence-corrected chi connectivity index (χ2v) is 6.32. The quantitative estimate of drug-likeness (QED) is 0.925. The summed E-state index contributed by atoms with van der Waals surface area (Å²) in [6, 6.07) is 13.3. The SMILES string of the molecule is CCC(C(=O)N1Cc2ccccc2C(C(=O)O)C1)c1ccc(F)cc1. The number of hydrogen-bond donors (Lipinski definition) is 1. The molecule has 1 aliphatic rings. The molecule has 0 aromatic heterocycles. The minimum atomic E-state index is -0.931. The Bertz CT molecular complexity index is 788. The molecule has 1 heterocycles. The monoisotopic (exact) mass is 341 g/mol. The van der Waals surface area contributed by atoms with Crippen molar-refractivity contribution in [1.29, 1.82) is 0 Å². The second-order valence-electron chi connectivity index (χ2n) is 6.32. The maximum absolute atomic E-state index is 13.2. The Morgan fingerprint density at radius 1 is 1.20 bits per heavy atom. The molecular formula is C20H20FNO3. The average molecular weight is 341 g/mol. The number of aliphatic carboxylic acids is 1. The summed E-state index contributed by atoms with van der Waals surface area (Å²) in [4.78, 5) is 26.3. The number of amides is 1. The van der Waals surface area contributed by atoms with Crippen LogP contribution in [0.2, 0.25) is 0 Å². The summed E-state index contributed by atoms with van der Waals surface area (Å²) in [5.41, 5.74) is 2.39. The third-order valence-corrected chi connectivity index (χ3v) is 4.78. The topological polar surface area (TPSA) is 57.6 Å². The van der Waals surface area contributed by atoms with Gasteiger partial charge in [-0.2, -0.15) is 0 Å². The van der Waals surface area contributed by atoms with E-state index in [1.807, 2.05) is 31.2 Å². The van der Waals surface area contributed by atoms with Gasteiger partial charge >= 0.3 is 5.97 Å². The molecule has 1 amide bonds. The first-order chi connectivity index (χ1) is 12.0. The van der Waals surface area contributed by atoms with Crippen LogP contribution < -0.4 is 0 Å². The number of fused-ring (bicyclic) bond motifs is 1. The Morgan fingerprint density at radius 2 is 1.88 bits per heavy atom. The van der Waals surface area contributed by atoms with Gasteiger partial charge in [-0.05, 0) is 35.2 Å². The van der Waals surface area contributed by atoms with Gasteiger partial charge < -0.3 is 10.0 Å². The molecule has 0 spiro atoms. The molecule has 0 fully saturated rings. The van der Waals surface area contributed by atoms with Crippen molar-refractivity contribution in [3.05, 3.63) is 71.0 Å². The van der Waals surface area contributed by atoms with E-state index in [0.29, 0.717) is 13.0 Å². The van der Waals surface area contributed by atoms with Crippen molar-refractivity contribution in [3.63, 3.8) is 0 Å². The number of carbonyl (C=O) groups excluding carboxylic acids is 1. The number of carbonyl (C=O) groups is 2. The summed E-state index contributed by atoms with van der Waals surface area (Å²) < 4.78 is 13.2. The van der Waals surface area contributed by atoms with Gasteiger partial charge in [0.2, 0.25) is 5.91 Å². The number of benzene rings is 2. The summed E-state index contributed by atoms with van der Waals surface area (Å²) in [6.45, 7) is 2.46. The van der Waals surface area contributed by atoms with E-state index in [4.69, 9.17) is 0 Å². The van der Waals surface area contributed by atoms with E-state index in [0.717, 1.165) is 16.7 Å². The highest BCUT2D eigenvalue weighted by atomic mass is 19.1. The van der Waals surface area contributed by atoms with E-state index in [2.05, 4.69) is 0 Å². The number of halogens is 1. The molecule has 0 saturated heterocycles. The summed E-state index contributed by atoms with van der Waals surface area (Å²) in [5.74, 6) is -2.52. The first kappa shape index (κ1) is 17.1. The molecule has 0 saturated carbocycles. The average Bonchev–Trinajstić information content (AvgIpc) is 2.62. The first-order valence-electron chi connectivity index (χ1n) is 8.36. The highest BCUT2D eigenvalue weighted by molar-refractivity contribution is 5.86. The summed E-state index contributed by atoms with van der Waals surface area (Å²) in [7, 11) is 0. The molecule has 5 heteroatoms. The third-order valence-electron chi connectivity index (χ3n) is 4.78.